The third-order valence-corrected chi connectivity index (χ3v) is 4.80. The van der Waals surface area contributed by atoms with Crippen LogP contribution >= 0.6 is 0 Å². The number of amides is 2. The van der Waals surface area contributed by atoms with Crippen LogP contribution in [0.2, 0.25) is 0 Å². The predicted molar refractivity (Wildman–Crippen MR) is 97.3 cm³/mol. The summed E-state index contributed by atoms with van der Waals surface area (Å²) in [4.78, 5) is 14.6. The zero-order chi connectivity index (χ0) is 17.0. The van der Waals surface area contributed by atoms with Crippen LogP contribution in [-0.2, 0) is 5.54 Å². The van der Waals surface area contributed by atoms with Gasteiger partial charge in [0.25, 0.3) is 0 Å². The minimum atomic E-state index is -0.402. The van der Waals surface area contributed by atoms with Gasteiger partial charge in [0.1, 0.15) is 0 Å². The molecule has 1 N–H and O–H groups in total. The molecule has 1 saturated heterocycles. The Bertz CT molecular complexity index is 577. The first-order chi connectivity index (χ1) is 10.8. The number of urea groups is 1. The van der Waals surface area contributed by atoms with Gasteiger partial charge in [-0.15, -0.1) is 0 Å². The Balaban J connectivity index is 2.09. The summed E-state index contributed by atoms with van der Waals surface area (Å²) in [5, 5.41) is 3.21. The van der Waals surface area contributed by atoms with Gasteiger partial charge in [0.15, 0.2) is 0 Å². The van der Waals surface area contributed by atoms with Crippen LogP contribution in [0.4, 0.5) is 4.79 Å². The monoisotopic (exact) mass is 314 g/mol. The van der Waals surface area contributed by atoms with Gasteiger partial charge in [-0.1, -0.05) is 37.3 Å². The fraction of sp³-hybridized carbons (Fsp3) is 0.550. The number of allylic oxidation sites excluding steroid dienone is 1. The number of hydrogen-bond acceptors (Lipinski definition) is 1. The lowest BCUT2D eigenvalue weighted by Crippen LogP contribution is -2.48. The second kappa shape index (κ2) is 7.20. The third kappa shape index (κ3) is 4.60. The van der Waals surface area contributed by atoms with Gasteiger partial charge in [0.2, 0.25) is 0 Å². The SMILES string of the molecule is C=C(C)c1cccc(C(C)(C)NC(=O)N2CCCC(C)CC2)c1. The molecule has 3 nitrogen and oxygen atoms in total. The van der Waals surface area contributed by atoms with Crippen molar-refractivity contribution >= 4 is 11.6 Å². The number of nitrogens with zero attached hydrogens (tertiary/aromatic N) is 1. The van der Waals surface area contributed by atoms with Crippen molar-refractivity contribution in [3.8, 4) is 0 Å². The quantitative estimate of drug-likeness (QED) is 0.855. The molecular weight excluding hydrogens is 284 g/mol. The van der Waals surface area contributed by atoms with Crippen molar-refractivity contribution < 1.29 is 4.79 Å². The number of likely N-dealkylation sites (tertiary alicyclic amines) is 1. The molecule has 1 atom stereocenters. The number of carbonyl (C=O) groups excluding carboxylic acids is 1. The van der Waals surface area contributed by atoms with E-state index in [9.17, 15) is 4.79 Å². The lowest BCUT2D eigenvalue weighted by atomic mass is 9.92. The molecule has 0 spiro atoms. The standard InChI is InChI=1S/C20H30N2O/c1-15(2)17-9-6-10-18(14-17)20(4,5)21-19(23)22-12-7-8-16(3)11-13-22/h6,9-10,14,16H,1,7-8,11-13H2,2-5H3,(H,21,23). The highest BCUT2D eigenvalue weighted by Gasteiger charge is 2.26. The minimum Gasteiger partial charge on any atom is -0.329 e. The summed E-state index contributed by atoms with van der Waals surface area (Å²) in [5.74, 6) is 0.716. The van der Waals surface area contributed by atoms with Gasteiger partial charge in [-0.25, -0.2) is 4.79 Å². The van der Waals surface area contributed by atoms with Crippen molar-refractivity contribution in [1.82, 2.24) is 10.2 Å². The average Bonchev–Trinajstić information content (AvgIpc) is 2.71. The summed E-state index contributed by atoms with van der Waals surface area (Å²) in [6.07, 6.45) is 3.41. The Morgan fingerprint density at radius 1 is 1.30 bits per heavy atom. The Morgan fingerprint density at radius 2 is 2.04 bits per heavy atom. The van der Waals surface area contributed by atoms with Crippen molar-refractivity contribution in [3.63, 3.8) is 0 Å². The van der Waals surface area contributed by atoms with E-state index in [0.29, 0.717) is 5.92 Å². The summed E-state index contributed by atoms with van der Waals surface area (Å²) >= 11 is 0. The topological polar surface area (TPSA) is 32.3 Å². The van der Waals surface area contributed by atoms with Gasteiger partial charge >= 0.3 is 6.03 Å². The molecule has 23 heavy (non-hydrogen) atoms. The fourth-order valence-electron chi connectivity index (χ4n) is 3.06. The van der Waals surface area contributed by atoms with E-state index in [1.165, 1.54) is 6.42 Å². The number of carbonyl (C=O) groups is 1. The number of rotatable bonds is 3. The van der Waals surface area contributed by atoms with Gasteiger partial charge < -0.3 is 10.2 Å². The molecule has 2 rings (SSSR count). The van der Waals surface area contributed by atoms with Crippen LogP contribution in [0.15, 0.2) is 30.8 Å². The highest BCUT2D eigenvalue weighted by molar-refractivity contribution is 5.75. The van der Waals surface area contributed by atoms with Crippen LogP contribution in [0, 0.1) is 5.92 Å². The molecule has 1 heterocycles. The van der Waals surface area contributed by atoms with Crippen molar-refractivity contribution in [2.24, 2.45) is 5.92 Å². The second-order valence-electron chi connectivity index (χ2n) is 7.44. The molecule has 0 aliphatic carbocycles. The lowest BCUT2D eigenvalue weighted by molar-refractivity contribution is 0.188. The number of hydrogen-bond donors (Lipinski definition) is 1. The van der Waals surface area contributed by atoms with Gasteiger partial charge in [-0.05, 0) is 63.1 Å². The zero-order valence-corrected chi connectivity index (χ0v) is 15.0. The fourth-order valence-corrected chi connectivity index (χ4v) is 3.06. The third-order valence-electron chi connectivity index (χ3n) is 4.80. The molecule has 0 saturated carbocycles. The van der Waals surface area contributed by atoms with Crippen molar-refractivity contribution in [3.05, 3.63) is 42.0 Å². The molecule has 0 radical (unpaired) electrons. The first-order valence-corrected chi connectivity index (χ1v) is 8.63. The largest absolute Gasteiger partial charge is 0.329 e. The van der Waals surface area contributed by atoms with Crippen molar-refractivity contribution in [2.45, 2.75) is 52.5 Å². The molecule has 0 bridgehead atoms. The van der Waals surface area contributed by atoms with Gasteiger partial charge in [-0.2, -0.15) is 0 Å². The summed E-state index contributed by atoms with van der Waals surface area (Å²) in [7, 11) is 0. The summed E-state index contributed by atoms with van der Waals surface area (Å²) < 4.78 is 0. The van der Waals surface area contributed by atoms with E-state index in [1.807, 2.05) is 17.9 Å². The Hall–Kier alpha value is -1.77. The number of benzene rings is 1. The molecule has 3 heteroatoms. The van der Waals surface area contributed by atoms with Crippen molar-refractivity contribution in [1.29, 1.82) is 0 Å². The van der Waals surface area contributed by atoms with E-state index in [2.05, 4.69) is 50.9 Å². The van der Waals surface area contributed by atoms with Crippen LogP contribution in [0.25, 0.3) is 5.57 Å². The van der Waals surface area contributed by atoms with Crippen LogP contribution in [0.5, 0.6) is 0 Å². The van der Waals surface area contributed by atoms with E-state index in [4.69, 9.17) is 0 Å². The summed E-state index contributed by atoms with van der Waals surface area (Å²) in [5.41, 5.74) is 2.86. The maximum atomic E-state index is 12.7. The van der Waals surface area contributed by atoms with Gasteiger partial charge in [-0.3, -0.25) is 0 Å². The van der Waals surface area contributed by atoms with Crippen LogP contribution in [-0.4, -0.2) is 24.0 Å². The summed E-state index contributed by atoms with van der Waals surface area (Å²) in [6, 6.07) is 8.32. The zero-order valence-electron chi connectivity index (χ0n) is 15.0. The highest BCUT2D eigenvalue weighted by atomic mass is 16.2. The maximum absolute atomic E-state index is 12.7. The average molecular weight is 314 g/mol. The first kappa shape index (κ1) is 17.6. The van der Waals surface area contributed by atoms with Crippen molar-refractivity contribution in [2.75, 3.05) is 13.1 Å². The Labute approximate surface area is 140 Å². The molecular formula is C20H30N2O. The van der Waals surface area contributed by atoms with Crippen LogP contribution < -0.4 is 5.32 Å². The lowest BCUT2D eigenvalue weighted by Gasteiger charge is -2.31. The highest BCUT2D eigenvalue weighted by Crippen LogP contribution is 2.24. The normalized spacial score (nSPS) is 19.1. The smallest absolute Gasteiger partial charge is 0.318 e. The molecule has 126 valence electrons. The predicted octanol–water partition coefficient (Wildman–Crippen LogP) is 4.79. The van der Waals surface area contributed by atoms with E-state index < -0.39 is 5.54 Å². The van der Waals surface area contributed by atoms with Gasteiger partial charge in [0, 0.05) is 13.1 Å². The Kier molecular flexibility index (Phi) is 5.51. The van der Waals surface area contributed by atoms with Crippen LogP contribution in [0.1, 0.15) is 58.1 Å². The Morgan fingerprint density at radius 3 is 2.74 bits per heavy atom. The molecule has 2 amide bonds. The molecule has 0 aromatic heterocycles. The first-order valence-electron chi connectivity index (χ1n) is 8.63. The van der Waals surface area contributed by atoms with E-state index >= 15 is 0 Å². The van der Waals surface area contributed by atoms with E-state index in [0.717, 1.165) is 42.6 Å². The van der Waals surface area contributed by atoms with E-state index in [1.54, 1.807) is 0 Å². The molecule has 1 unspecified atom stereocenters. The molecule has 1 aliphatic rings. The maximum Gasteiger partial charge on any atom is 0.318 e. The molecule has 1 aliphatic heterocycles. The minimum absolute atomic E-state index is 0.0461. The molecule has 1 aromatic carbocycles. The molecule has 1 aromatic rings. The number of nitrogens with one attached hydrogen (secondary N) is 1. The second-order valence-corrected chi connectivity index (χ2v) is 7.44. The molecule has 1 fully saturated rings. The summed E-state index contributed by atoms with van der Waals surface area (Å²) in [6.45, 7) is 14.1. The van der Waals surface area contributed by atoms with Gasteiger partial charge in [0.05, 0.1) is 5.54 Å². The van der Waals surface area contributed by atoms with E-state index in [-0.39, 0.29) is 6.03 Å². The van der Waals surface area contributed by atoms with Crippen LogP contribution in [0.3, 0.4) is 0 Å².